The number of rotatable bonds is 5. The highest BCUT2D eigenvalue weighted by Gasteiger charge is 2.30. The number of piperidine rings is 1. The molecule has 2 rings (SSSR count). The van der Waals surface area contributed by atoms with E-state index in [1.807, 2.05) is 19.1 Å². The summed E-state index contributed by atoms with van der Waals surface area (Å²) in [4.78, 5) is 13.3. The van der Waals surface area contributed by atoms with E-state index in [1.165, 1.54) is 0 Å². The predicted molar refractivity (Wildman–Crippen MR) is 78.1 cm³/mol. The number of hydrogen-bond acceptors (Lipinski definition) is 4. The number of nitrogens with two attached hydrogens (primary N) is 1. The van der Waals surface area contributed by atoms with Gasteiger partial charge in [-0.15, -0.1) is 0 Å². The first-order valence-electron chi connectivity index (χ1n) is 7.35. The van der Waals surface area contributed by atoms with Gasteiger partial charge in [0, 0.05) is 19.5 Å². The van der Waals surface area contributed by atoms with Crippen molar-refractivity contribution in [1.82, 2.24) is 10.2 Å². The molecule has 1 aliphatic heterocycles. The second-order valence-corrected chi connectivity index (χ2v) is 5.74. The quantitative estimate of drug-likeness (QED) is 0.857. The molecule has 5 heteroatoms. The monoisotopic (exact) mass is 279 g/mol. The smallest absolute Gasteiger partial charge is 0.216 e. The molecule has 2 heterocycles. The lowest BCUT2D eigenvalue weighted by Gasteiger charge is -2.38. The first-order valence-corrected chi connectivity index (χ1v) is 7.35. The van der Waals surface area contributed by atoms with Gasteiger partial charge in [0.15, 0.2) is 0 Å². The Morgan fingerprint density at radius 1 is 1.55 bits per heavy atom. The van der Waals surface area contributed by atoms with Gasteiger partial charge in [0.25, 0.3) is 0 Å². The third-order valence-electron chi connectivity index (χ3n) is 4.01. The highest BCUT2D eigenvalue weighted by Crippen LogP contribution is 2.28. The van der Waals surface area contributed by atoms with Crippen molar-refractivity contribution in [2.45, 2.75) is 38.8 Å². The minimum Gasteiger partial charge on any atom is -0.468 e. The van der Waals surface area contributed by atoms with Gasteiger partial charge >= 0.3 is 0 Å². The van der Waals surface area contributed by atoms with E-state index >= 15 is 0 Å². The normalized spacial score (nSPS) is 20.6. The molecule has 0 spiro atoms. The van der Waals surface area contributed by atoms with Gasteiger partial charge in [-0.1, -0.05) is 0 Å². The van der Waals surface area contributed by atoms with E-state index in [-0.39, 0.29) is 18.0 Å². The molecule has 0 aromatic carbocycles. The van der Waals surface area contributed by atoms with Gasteiger partial charge < -0.3 is 15.5 Å². The molecule has 20 heavy (non-hydrogen) atoms. The third kappa shape index (κ3) is 3.84. The van der Waals surface area contributed by atoms with E-state index in [1.54, 1.807) is 13.2 Å². The van der Waals surface area contributed by atoms with E-state index in [2.05, 4.69) is 10.2 Å². The van der Waals surface area contributed by atoms with Crippen LogP contribution in [0, 0.1) is 5.92 Å². The van der Waals surface area contributed by atoms with Crippen LogP contribution in [0.25, 0.3) is 0 Å². The van der Waals surface area contributed by atoms with Crippen LogP contribution < -0.4 is 11.1 Å². The van der Waals surface area contributed by atoms with Crippen LogP contribution in [0.3, 0.4) is 0 Å². The number of carbonyl (C=O) groups excluding carboxylic acids is 1. The summed E-state index contributed by atoms with van der Waals surface area (Å²) in [5, 5.41) is 2.91. The van der Waals surface area contributed by atoms with Gasteiger partial charge in [0.1, 0.15) is 5.76 Å². The molecule has 3 N–H and O–H groups in total. The van der Waals surface area contributed by atoms with Crippen LogP contribution in [0.5, 0.6) is 0 Å². The Kier molecular flexibility index (Phi) is 5.20. The molecule has 2 unspecified atom stereocenters. The van der Waals surface area contributed by atoms with Crippen molar-refractivity contribution in [3.63, 3.8) is 0 Å². The maximum absolute atomic E-state index is 11.0. The number of furan rings is 1. The first-order chi connectivity index (χ1) is 9.58. The van der Waals surface area contributed by atoms with Crippen molar-refractivity contribution in [1.29, 1.82) is 0 Å². The molecule has 5 nitrogen and oxygen atoms in total. The van der Waals surface area contributed by atoms with E-state index in [4.69, 9.17) is 10.2 Å². The van der Waals surface area contributed by atoms with Gasteiger partial charge in [-0.2, -0.15) is 0 Å². The molecule has 0 aliphatic carbocycles. The molecule has 1 aromatic rings. The van der Waals surface area contributed by atoms with E-state index in [9.17, 15) is 4.79 Å². The second kappa shape index (κ2) is 6.90. The van der Waals surface area contributed by atoms with Gasteiger partial charge in [0.05, 0.1) is 12.3 Å². The SMILES string of the molecule is CC(=O)NCC1CCN(C(c2ccco2)C(C)N)CC1. The Morgan fingerprint density at radius 2 is 2.25 bits per heavy atom. The minimum atomic E-state index is 0.0352. The highest BCUT2D eigenvalue weighted by atomic mass is 16.3. The fourth-order valence-corrected chi connectivity index (χ4v) is 2.95. The molecule has 0 radical (unpaired) electrons. The van der Waals surface area contributed by atoms with Crippen LogP contribution in [0.15, 0.2) is 22.8 Å². The zero-order valence-corrected chi connectivity index (χ0v) is 12.3. The Balaban J connectivity index is 1.89. The number of nitrogens with zero attached hydrogens (tertiary/aromatic N) is 1. The third-order valence-corrected chi connectivity index (χ3v) is 4.01. The maximum atomic E-state index is 11.0. The largest absolute Gasteiger partial charge is 0.468 e. The average Bonchev–Trinajstić information content (AvgIpc) is 2.91. The van der Waals surface area contributed by atoms with Crippen LogP contribution in [0.1, 0.15) is 38.5 Å². The molecule has 0 saturated carbocycles. The average molecular weight is 279 g/mol. The summed E-state index contributed by atoms with van der Waals surface area (Å²) in [5.74, 6) is 1.57. The summed E-state index contributed by atoms with van der Waals surface area (Å²) in [7, 11) is 0. The maximum Gasteiger partial charge on any atom is 0.216 e. The Morgan fingerprint density at radius 3 is 2.75 bits per heavy atom. The summed E-state index contributed by atoms with van der Waals surface area (Å²) in [6.45, 7) is 6.37. The molecule has 0 bridgehead atoms. The van der Waals surface area contributed by atoms with Crippen molar-refractivity contribution in [3.8, 4) is 0 Å². The van der Waals surface area contributed by atoms with Crippen molar-refractivity contribution in [3.05, 3.63) is 24.2 Å². The molecular formula is C15H25N3O2. The number of hydrogen-bond donors (Lipinski definition) is 2. The molecule has 2 atom stereocenters. The van der Waals surface area contributed by atoms with Gasteiger partial charge in [-0.25, -0.2) is 0 Å². The van der Waals surface area contributed by atoms with Crippen molar-refractivity contribution < 1.29 is 9.21 Å². The summed E-state index contributed by atoms with van der Waals surface area (Å²) in [6.07, 6.45) is 3.88. The van der Waals surface area contributed by atoms with Gasteiger partial charge in [-0.05, 0) is 50.9 Å². The first kappa shape index (κ1) is 15.1. The van der Waals surface area contributed by atoms with E-state index in [0.29, 0.717) is 5.92 Å². The Bertz CT molecular complexity index is 409. The number of carbonyl (C=O) groups is 1. The van der Waals surface area contributed by atoms with Gasteiger partial charge in [0.2, 0.25) is 5.91 Å². The van der Waals surface area contributed by atoms with E-state index in [0.717, 1.165) is 38.2 Å². The molecule has 1 amide bonds. The highest BCUT2D eigenvalue weighted by molar-refractivity contribution is 5.72. The number of nitrogens with one attached hydrogen (secondary N) is 1. The standard InChI is InChI=1S/C15H25N3O2/c1-11(16)15(14-4-3-9-20-14)18-7-5-13(6-8-18)10-17-12(2)19/h3-4,9,11,13,15H,5-8,10,16H2,1-2H3,(H,17,19). The summed E-state index contributed by atoms with van der Waals surface area (Å²) in [6, 6.07) is 4.09. The topological polar surface area (TPSA) is 71.5 Å². The molecule has 1 aromatic heterocycles. The zero-order chi connectivity index (χ0) is 14.5. The molecule has 1 aliphatic rings. The summed E-state index contributed by atoms with van der Waals surface area (Å²) < 4.78 is 5.54. The van der Waals surface area contributed by atoms with Crippen molar-refractivity contribution in [2.24, 2.45) is 11.7 Å². The van der Waals surface area contributed by atoms with Crippen LogP contribution in [-0.2, 0) is 4.79 Å². The second-order valence-electron chi connectivity index (χ2n) is 5.74. The van der Waals surface area contributed by atoms with E-state index < -0.39 is 0 Å². The summed E-state index contributed by atoms with van der Waals surface area (Å²) in [5.41, 5.74) is 6.13. The number of likely N-dealkylation sites (tertiary alicyclic amines) is 1. The van der Waals surface area contributed by atoms with Crippen LogP contribution in [-0.4, -0.2) is 36.5 Å². The lowest BCUT2D eigenvalue weighted by molar-refractivity contribution is -0.119. The number of amides is 1. The fourth-order valence-electron chi connectivity index (χ4n) is 2.95. The van der Waals surface area contributed by atoms with Crippen molar-refractivity contribution in [2.75, 3.05) is 19.6 Å². The van der Waals surface area contributed by atoms with Crippen molar-refractivity contribution >= 4 is 5.91 Å². The zero-order valence-electron chi connectivity index (χ0n) is 12.3. The fraction of sp³-hybridized carbons (Fsp3) is 0.667. The Labute approximate surface area is 120 Å². The molecule has 112 valence electrons. The molecular weight excluding hydrogens is 254 g/mol. The minimum absolute atomic E-state index is 0.0352. The predicted octanol–water partition coefficient (Wildman–Crippen LogP) is 1.52. The van der Waals surface area contributed by atoms with Crippen LogP contribution in [0.4, 0.5) is 0 Å². The van der Waals surface area contributed by atoms with Crippen LogP contribution >= 0.6 is 0 Å². The molecule has 1 saturated heterocycles. The summed E-state index contributed by atoms with van der Waals surface area (Å²) >= 11 is 0. The van der Waals surface area contributed by atoms with Gasteiger partial charge in [-0.3, -0.25) is 9.69 Å². The lowest BCUT2D eigenvalue weighted by Crippen LogP contribution is -2.45. The van der Waals surface area contributed by atoms with Crippen LogP contribution in [0.2, 0.25) is 0 Å². The Hall–Kier alpha value is -1.33. The lowest BCUT2D eigenvalue weighted by atomic mass is 9.94. The molecule has 1 fully saturated rings.